The first-order chi connectivity index (χ1) is 11.7. The Balaban J connectivity index is 1.60. The molecule has 2 heterocycles. The second-order valence-corrected chi connectivity index (χ2v) is 6.15. The molecule has 0 radical (unpaired) electrons. The molecule has 0 aromatic carbocycles. The fourth-order valence-electron chi connectivity index (χ4n) is 3.07. The van der Waals surface area contributed by atoms with Crippen LogP contribution in [0.25, 0.3) is 11.3 Å². The lowest BCUT2D eigenvalue weighted by Crippen LogP contribution is -2.36. The summed E-state index contributed by atoms with van der Waals surface area (Å²) in [5, 5.41) is 7.30. The van der Waals surface area contributed by atoms with Crippen molar-refractivity contribution < 1.29 is 4.79 Å². The molecule has 1 amide bonds. The van der Waals surface area contributed by atoms with Crippen LogP contribution in [0.3, 0.4) is 0 Å². The SMILES string of the molecule is O=C(NCCn1nc(-c2cccnc2)ccc1=O)C1CCCCC1. The summed E-state index contributed by atoms with van der Waals surface area (Å²) < 4.78 is 1.39. The van der Waals surface area contributed by atoms with Crippen molar-refractivity contribution in [3.8, 4) is 11.3 Å². The second kappa shape index (κ2) is 7.86. The minimum Gasteiger partial charge on any atom is -0.354 e. The van der Waals surface area contributed by atoms with Gasteiger partial charge in [-0.15, -0.1) is 0 Å². The molecule has 126 valence electrons. The molecular weight excluding hydrogens is 304 g/mol. The number of nitrogens with zero attached hydrogens (tertiary/aromatic N) is 3. The number of rotatable bonds is 5. The number of hydrogen-bond acceptors (Lipinski definition) is 4. The van der Waals surface area contributed by atoms with Crippen molar-refractivity contribution in [1.29, 1.82) is 0 Å². The summed E-state index contributed by atoms with van der Waals surface area (Å²) in [6.07, 6.45) is 8.84. The van der Waals surface area contributed by atoms with E-state index in [0.717, 1.165) is 31.2 Å². The molecule has 0 spiro atoms. The molecule has 1 aliphatic carbocycles. The molecule has 0 bridgehead atoms. The molecule has 6 nitrogen and oxygen atoms in total. The van der Waals surface area contributed by atoms with E-state index in [-0.39, 0.29) is 17.4 Å². The Kier molecular flexibility index (Phi) is 5.36. The molecule has 1 fully saturated rings. The van der Waals surface area contributed by atoms with Gasteiger partial charge in [-0.2, -0.15) is 5.10 Å². The summed E-state index contributed by atoms with van der Waals surface area (Å²) in [5.41, 5.74) is 1.38. The van der Waals surface area contributed by atoms with E-state index in [1.54, 1.807) is 18.5 Å². The van der Waals surface area contributed by atoms with Crippen molar-refractivity contribution in [2.45, 2.75) is 38.6 Å². The highest BCUT2D eigenvalue weighted by atomic mass is 16.2. The van der Waals surface area contributed by atoms with Gasteiger partial charge in [0.25, 0.3) is 5.56 Å². The maximum atomic E-state index is 12.1. The predicted molar refractivity (Wildman–Crippen MR) is 91.3 cm³/mol. The maximum absolute atomic E-state index is 12.1. The topological polar surface area (TPSA) is 76.9 Å². The first kappa shape index (κ1) is 16.4. The second-order valence-electron chi connectivity index (χ2n) is 6.15. The van der Waals surface area contributed by atoms with Gasteiger partial charge >= 0.3 is 0 Å². The standard InChI is InChI=1S/C18H22N4O2/c23-17-9-8-16(15-7-4-10-19-13-15)21-22(17)12-11-20-18(24)14-5-2-1-3-6-14/h4,7-10,13-14H,1-3,5-6,11-12H2,(H,20,24). The Morgan fingerprint density at radius 1 is 1.21 bits per heavy atom. The van der Waals surface area contributed by atoms with E-state index in [0.29, 0.717) is 18.8 Å². The van der Waals surface area contributed by atoms with Crippen LogP contribution in [0.15, 0.2) is 41.5 Å². The zero-order chi connectivity index (χ0) is 16.8. The first-order valence-corrected chi connectivity index (χ1v) is 8.50. The minimum absolute atomic E-state index is 0.103. The lowest BCUT2D eigenvalue weighted by molar-refractivity contribution is -0.125. The zero-order valence-electron chi connectivity index (χ0n) is 13.6. The summed E-state index contributed by atoms with van der Waals surface area (Å²) in [6.45, 7) is 0.782. The van der Waals surface area contributed by atoms with Crippen LogP contribution in [0.2, 0.25) is 0 Å². The average molecular weight is 326 g/mol. The van der Waals surface area contributed by atoms with Gasteiger partial charge in [-0.3, -0.25) is 14.6 Å². The van der Waals surface area contributed by atoms with Crippen molar-refractivity contribution in [3.05, 3.63) is 47.0 Å². The number of carbonyl (C=O) groups is 1. The largest absolute Gasteiger partial charge is 0.354 e. The van der Waals surface area contributed by atoms with E-state index in [9.17, 15) is 9.59 Å². The Morgan fingerprint density at radius 2 is 2.04 bits per heavy atom. The molecule has 2 aromatic rings. The Labute approximate surface area is 140 Å². The normalized spacial score (nSPS) is 15.2. The fraction of sp³-hybridized carbons (Fsp3) is 0.444. The molecular formula is C18H22N4O2. The summed E-state index contributed by atoms with van der Waals surface area (Å²) in [5.74, 6) is 0.233. The van der Waals surface area contributed by atoms with Crippen LogP contribution in [0.4, 0.5) is 0 Å². The number of amides is 1. The van der Waals surface area contributed by atoms with Gasteiger partial charge in [0.15, 0.2) is 0 Å². The van der Waals surface area contributed by atoms with Crippen molar-refractivity contribution in [2.24, 2.45) is 5.92 Å². The number of hydrogen-bond donors (Lipinski definition) is 1. The number of nitrogens with one attached hydrogen (secondary N) is 1. The summed E-state index contributed by atoms with van der Waals surface area (Å²) in [7, 11) is 0. The van der Waals surface area contributed by atoms with Gasteiger partial charge in [-0.25, -0.2) is 4.68 Å². The molecule has 0 unspecified atom stereocenters. The van der Waals surface area contributed by atoms with E-state index in [4.69, 9.17) is 0 Å². The Morgan fingerprint density at radius 3 is 2.79 bits per heavy atom. The van der Waals surface area contributed by atoms with Gasteiger partial charge in [-0.1, -0.05) is 19.3 Å². The third-order valence-electron chi connectivity index (χ3n) is 4.42. The maximum Gasteiger partial charge on any atom is 0.266 e. The molecule has 3 rings (SSSR count). The fourth-order valence-corrected chi connectivity index (χ4v) is 3.07. The molecule has 1 aliphatic rings. The zero-order valence-corrected chi connectivity index (χ0v) is 13.6. The van der Waals surface area contributed by atoms with Crippen LogP contribution in [0, 0.1) is 5.92 Å². The molecule has 24 heavy (non-hydrogen) atoms. The van der Waals surface area contributed by atoms with Crippen LogP contribution < -0.4 is 10.9 Å². The van der Waals surface area contributed by atoms with Crippen LogP contribution in [-0.4, -0.2) is 27.2 Å². The van der Waals surface area contributed by atoms with Crippen molar-refractivity contribution in [2.75, 3.05) is 6.54 Å². The van der Waals surface area contributed by atoms with Crippen LogP contribution in [0.1, 0.15) is 32.1 Å². The van der Waals surface area contributed by atoms with Crippen molar-refractivity contribution >= 4 is 5.91 Å². The van der Waals surface area contributed by atoms with Crippen molar-refractivity contribution in [3.63, 3.8) is 0 Å². The lowest BCUT2D eigenvalue weighted by atomic mass is 9.89. The van der Waals surface area contributed by atoms with Crippen LogP contribution >= 0.6 is 0 Å². The van der Waals surface area contributed by atoms with Gasteiger partial charge in [-0.05, 0) is 31.0 Å². The monoisotopic (exact) mass is 326 g/mol. The molecule has 1 N–H and O–H groups in total. The average Bonchev–Trinajstić information content (AvgIpc) is 2.64. The molecule has 0 saturated heterocycles. The van der Waals surface area contributed by atoms with Gasteiger partial charge in [0, 0.05) is 36.5 Å². The lowest BCUT2D eigenvalue weighted by Gasteiger charge is -2.20. The third kappa shape index (κ3) is 4.07. The van der Waals surface area contributed by atoms with Crippen LogP contribution in [-0.2, 0) is 11.3 Å². The molecule has 2 aromatic heterocycles. The van der Waals surface area contributed by atoms with E-state index < -0.39 is 0 Å². The Bertz CT molecular complexity index is 736. The van der Waals surface area contributed by atoms with Gasteiger partial charge in [0.1, 0.15) is 0 Å². The van der Waals surface area contributed by atoms with E-state index in [1.807, 2.05) is 12.1 Å². The Hall–Kier alpha value is -2.50. The van der Waals surface area contributed by atoms with E-state index >= 15 is 0 Å². The molecule has 6 heteroatoms. The van der Waals surface area contributed by atoms with Gasteiger partial charge in [0.05, 0.1) is 12.2 Å². The summed E-state index contributed by atoms with van der Waals surface area (Å²) in [4.78, 5) is 28.2. The van der Waals surface area contributed by atoms with Gasteiger partial charge in [0.2, 0.25) is 5.91 Å². The smallest absolute Gasteiger partial charge is 0.266 e. The highest BCUT2D eigenvalue weighted by Crippen LogP contribution is 2.23. The third-order valence-corrected chi connectivity index (χ3v) is 4.42. The van der Waals surface area contributed by atoms with Crippen LogP contribution in [0.5, 0.6) is 0 Å². The quantitative estimate of drug-likeness (QED) is 0.912. The first-order valence-electron chi connectivity index (χ1n) is 8.50. The van der Waals surface area contributed by atoms with Crippen molar-refractivity contribution in [1.82, 2.24) is 20.1 Å². The molecule has 1 saturated carbocycles. The molecule has 0 aliphatic heterocycles. The van der Waals surface area contributed by atoms with Gasteiger partial charge < -0.3 is 5.32 Å². The van der Waals surface area contributed by atoms with E-state index in [2.05, 4.69) is 15.4 Å². The number of pyridine rings is 1. The highest BCUT2D eigenvalue weighted by molar-refractivity contribution is 5.78. The summed E-state index contributed by atoms with van der Waals surface area (Å²) in [6, 6.07) is 6.92. The highest BCUT2D eigenvalue weighted by Gasteiger charge is 2.20. The summed E-state index contributed by atoms with van der Waals surface area (Å²) >= 11 is 0. The number of carbonyl (C=O) groups excluding carboxylic acids is 1. The molecule has 0 atom stereocenters. The minimum atomic E-state index is -0.172. The number of aromatic nitrogens is 3. The van der Waals surface area contributed by atoms with E-state index in [1.165, 1.54) is 17.2 Å². The predicted octanol–water partition coefficient (Wildman–Crippen LogP) is 2.00.